The molecule has 3 rings (SSSR count). The summed E-state index contributed by atoms with van der Waals surface area (Å²) in [4.78, 5) is 24.1. The average molecular weight is 431 g/mol. The molecule has 8 heteroatoms. The Kier molecular flexibility index (Phi) is 6.71. The summed E-state index contributed by atoms with van der Waals surface area (Å²) in [5.74, 6) is -0.561. The van der Waals surface area contributed by atoms with Crippen LogP contribution in [0, 0.1) is 0 Å². The van der Waals surface area contributed by atoms with Gasteiger partial charge in [0.25, 0.3) is 0 Å². The number of carboxylic acid groups (broad SMARTS) is 1. The van der Waals surface area contributed by atoms with E-state index in [4.69, 9.17) is 14.6 Å². The second-order valence-corrected chi connectivity index (χ2v) is 8.29. The Morgan fingerprint density at radius 2 is 2.00 bits per heavy atom. The highest BCUT2D eigenvalue weighted by atomic mass is 16.5. The molecule has 0 saturated heterocycles. The SMILES string of the molecule is CCC(C)(C)N1Cc2cc(OCCCO)c(COC)cc2-c2cc(=O)c(C(=O)O)cn21. The Balaban J connectivity index is 2.22. The number of aliphatic hydroxyl groups is 1. The van der Waals surface area contributed by atoms with Crippen LogP contribution in [0.1, 0.15) is 55.1 Å². The Labute approximate surface area is 181 Å². The normalized spacial score (nSPS) is 13.0. The average Bonchev–Trinajstić information content (AvgIpc) is 2.73. The van der Waals surface area contributed by atoms with Gasteiger partial charge in [0.1, 0.15) is 11.3 Å². The first kappa shape index (κ1) is 22.8. The van der Waals surface area contributed by atoms with E-state index in [1.54, 1.807) is 11.8 Å². The first-order valence-electron chi connectivity index (χ1n) is 10.4. The van der Waals surface area contributed by atoms with Crippen molar-refractivity contribution in [1.29, 1.82) is 0 Å². The number of hydrogen-bond donors (Lipinski definition) is 2. The van der Waals surface area contributed by atoms with Crippen molar-refractivity contribution in [3.8, 4) is 17.0 Å². The molecule has 168 valence electrons. The molecule has 31 heavy (non-hydrogen) atoms. The minimum absolute atomic E-state index is 0.0468. The van der Waals surface area contributed by atoms with Gasteiger partial charge in [-0.25, -0.2) is 4.79 Å². The Hall–Kier alpha value is -2.84. The molecule has 0 aliphatic carbocycles. The standard InChI is InChI=1S/C23H30N2O6/c1-5-23(2,3)25-12-15-10-21(31-8-6-7-26)16(14-30-4)9-17(15)19-11-20(27)18(22(28)29)13-24(19)25/h9-11,13,26H,5-8,12,14H2,1-4H3,(H,28,29). The largest absolute Gasteiger partial charge is 0.493 e. The third-order valence-corrected chi connectivity index (χ3v) is 5.83. The number of pyridine rings is 1. The molecule has 0 radical (unpaired) electrons. The Morgan fingerprint density at radius 1 is 1.26 bits per heavy atom. The summed E-state index contributed by atoms with van der Waals surface area (Å²) in [6.07, 6.45) is 2.76. The van der Waals surface area contributed by atoms with Crippen LogP contribution in [0.5, 0.6) is 5.75 Å². The first-order valence-corrected chi connectivity index (χ1v) is 10.4. The lowest BCUT2D eigenvalue weighted by molar-refractivity contribution is 0.0694. The van der Waals surface area contributed by atoms with Gasteiger partial charge in [-0.3, -0.25) is 9.47 Å². The maximum Gasteiger partial charge on any atom is 0.341 e. The van der Waals surface area contributed by atoms with Gasteiger partial charge in [0.05, 0.1) is 31.0 Å². The van der Waals surface area contributed by atoms with Crippen LogP contribution in [0.2, 0.25) is 0 Å². The van der Waals surface area contributed by atoms with Crippen LogP contribution in [0.3, 0.4) is 0 Å². The number of carboxylic acids is 1. The topological polar surface area (TPSA) is 101 Å². The molecule has 0 spiro atoms. The quantitative estimate of drug-likeness (QED) is 0.590. The zero-order chi connectivity index (χ0) is 22.8. The van der Waals surface area contributed by atoms with E-state index in [1.165, 1.54) is 12.3 Å². The molecule has 1 aromatic heterocycles. The Morgan fingerprint density at radius 3 is 2.61 bits per heavy atom. The van der Waals surface area contributed by atoms with E-state index in [9.17, 15) is 14.7 Å². The van der Waals surface area contributed by atoms with E-state index in [0.717, 1.165) is 23.1 Å². The lowest BCUT2D eigenvalue weighted by Gasteiger charge is -2.45. The van der Waals surface area contributed by atoms with Gasteiger partial charge in [-0.15, -0.1) is 0 Å². The molecule has 1 aliphatic rings. The fraction of sp³-hybridized carbons (Fsp3) is 0.478. The fourth-order valence-corrected chi connectivity index (χ4v) is 3.70. The minimum Gasteiger partial charge on any atom is -0.493 e. The third kappa shape index (κ3) is 4.45. The van der Waals surface area contributed by atoms with E-state index in [-0.39, 0.29) is 17.7 Å². The molecule has 0 fully saturated rings. The van der Waals surface area contributed by atoms with Gasteiger partial charge in [0.2, 0.25) is 0 Å². The lowest BCUT2D eigenvalue weighted by atomic mass is 9.94. The van der Waals surface area contributed by atoms with E-state index in [2.05, 4.69) is 25.8 Å². The molecule has 2 heterocycles. The predicted octanol–water partition coefficient (Wildman–Crippen LogP) is 2.76. The second-order valence-electron chi connectivity index (χ2n) is 8.29. The molecule has 0 bridgehead atoms. The smallest absolute Gasteiger partial charge is 0.341 e. The number of methoxy groups -OCH3 is 1. The van der Waals surface area contributed by atoms with Crippen LogP contribution in [0.15, 0.2) is 29.2 Å². The molecular weight excluding hydrogens is 400 g/mol. The van der Waals surface area contributed by atoms with Gasteiger partial charge in [0, 0.05) is 43.5 Å². The molecule has 0 amide bonds. The van der Waals surface area contributed by atoms with Crippen LogP contribution in [0.4, 0.5) is 0 Å². The number of nitrogens with zero attached hydrogens (tertiary/aromatic N) is 2. The third-order valence-electron chi connectivity index (χ3n) is 5.83. The Bertz CT molecular complexity index is 1030. The highest BCUT2D eigenvalue weighted by Gasteiger charge is 2.33. The number of aliphatic hydroxyl groups excluding tert-OH is 1. The number of rotatable bonds is 9. The summed E-state index contributed by atoms with van der Waals surface area (Å²) in [7, 11) is 1.60. The van der Waals surface area contributed by atoms with Crippen molar-refractivity contribution in [2.75, 3.05) is 25.3 Å². The van der Waals surface area contributed by atoms with Gasteiger partial charge >= 0.3 is 5.97 Å². The monoisotopic (exact) mass is 430 g/mol. The van der Waals surface area contributed by atoms with Crippen molar-refractivity contribution in [3.05, 3.63) is 51.3 Å². The summed E-state index contributed by atoms with van der Waals surface area (Å²) >= 11 is 0. The maximum absolute atomic E-state index is 12.5. The summed E-state index contributed by atoms with van der Waals surface area (Å²) in [5.41, 5.74) is 2.20. The van der Waals surface area contributed by atoms with Crippen LogP contribution in [0.25, 0.3) is 11.3 Å². The van der Waals surface area contributed by atoms with Crippen LogP contribution < -0.4 is 15.2 Å². The van der Waals surface area contributed by atoms with Gasteiger partial charge in [-0.05, 0) is 38.0 Å². The molecule has 2 aromatic rings. The van der Waals surface area contributed by atoms with E-state index in [1.807, 2.05) is 12.1 Å². The van der Waals surface area contributed by atoms with Crippen LogP contribution in [-0.2, 0) is 17.9 Å². The zero-order valence-electron chi connectivity index (χ0n) is 18.5. The summed E-state index contributed by atoms with van der Waals surface area (Å²) in [6.45, 7) is 7.51. The van der Waals surface area contributed by atoms with Crippen molar-refractivity contribution in [1.82, 2.24) is 4.68 Å². The molecule has 0 saturated carbocycles. The van der Waals surface area contributed by atoms with Crippen molar-refractivity contribution in [3.63, 3.8) is 0 Å². The minimum atomic E-state index is -1.24. The van der Waals surface area contributed by atoms with E-state index < -0.39 is 11.4 Å². The predicted molar refractivity (Wildman–Crippen MR) is 117 cm³/mol. The molecule has 1 aliphatic heterocycles. The van der Waals surface area contributed by atoms with Crippen molar-refractivity contribution >= 4 is 5.97 Å². The van der Waals surface area contributed by atoms with Gasteiger partial charge in [-0.1, -0.05) is 6.92 Å². The number of hydrogen-bond acceptors (Lipinski definition) is 6. The van der Waals surface area contributed by atoms with Gasteiger partial charge < -0.3 is 24.7 Å². The molecule has 2 N–H and O–H groups in total. The number of benzene rings is 1. The zero-order valence-corrected chi connectivity index (χ0v) is 18.5. The van der Waals surface area contributed by atoms with Crippen molar-refractivity contribution in [2.45, 2.75) is 52.3 Å². The lowest BCUT2D eigenvalue weighted by Crippen LogP contribution is -2.52. The highest BCUT2D eigenvalue weighted by molar-refractivity contribution is 5.88. The number of aromatic carboxylic acids is 1. The van der Waals surface area contributed by atoms with Crippen molar-refractivity contribution in [2.24, 2.45) is 0 Å². The summed E-state index contributed by atoms with van der Waals surface area (Å²) in [5, 5.41) is 20.6. The number of ether oxygens (including phenoxy) is 2. The first-order chi connectivity index (χ1) is 14.7. The van der Waals surface area contributed by atoms with Gasteiger partial charge in [0.15, 0.2) is 5.43 Å². The second kappa shape index (κ2) is 9.11. The highest BCUT2D eigenvalue weighted by Crippen LogP contribution is 2.37. The summed E-state index contributed by atoms with van der Waals surface area (Å²) in [6, 6.07) is 5.29. The molecule has 1 aromatic carbocycles. The van der Waals surface area contributed by atoms with Crippen LogP contribution in [-0.4, -0.2) is 46.7 Å². The van der Waals surface area contributed by atoms with Crippen LogP contribution >= 0.6 is 0 Å². The summed E-state index contributed by atoms with van der Waals surface area (Å²) < 4.78 is 13.0. The maximum atomic E-state index is 12.5. The fourth-order valence-electron chi connectivity index (χ4n) is 3.70. The van der Waals surface area contributed by atoms with Gasteiger partial charge in [-0.2, -0.15) is 0 Å². The molecule has 0 unspecified atom stereocenters. The number of fused-ring (bicyclic) bond motifs is 3. The van der Waals surface area contributed by atoms with Crippen molar-refractivity contribution < 1.29 is 24.5 Å². The number of carbonyl (C=O) groups is 1. The van der Waals surface area contributed by atoms with E-state index in [0.29, 0.717) is 37.6 Å². The molecular formula is C23H30N2O6. The molecule has 0 atom stereocenters. The number of aromatic nitrogens is 1. The molecule has 8 nitrogen and oxygen atoms in total. The van der Waals surface area contributed by atoms with E-state index >= 15 is 0 Å².